The standard InChI is InChI=1S/C27H22BrN3O2S/c28-21-9-11-22(12-10-21)30-17-31-26(32)14-24(25(15-29)27(31)34-18-30)20-7-4-8-23(13-20)33-16-19-5-2-1-3-6-19/h1-13,24H,14,16-18H2. The molecule has 2 heterocycles. The highest BCUT2D eigenvalue weighted by Gasteiger charge is 2.38. The number of carbonyl (C=O) groups excluding carboxylic acids is 1. The maximum Gasteiger partial charge on any atom is 0.229 e. The van der Waals surface area contributed by atoms with Crippen molar-refractivity contribution in [2.45, 2.75) is 18.9 Å². The summed E-state index contributed by atoms with van der Waals surface area (Å²) in [7, 11) is 0. The summed E-state index contributed by atoms with van der Waals surface area (Å²) in [4.78, 5) is 17.1. The number of anilines is 1. The van der Waals surface area contributed by atoms with Crippen molar-refractivity contribution in [2.75, 3.05) is 17.4 Å². The third-order valence-corrected chi connectivity index (χ3v) is 7.68. The van der Waals surface area contributed by atoms with E-state index in [1.54, 1.807) is 16.7 Å². The number of carbonyl (C=O) groups is 1. The van der Waals surface area contributed by atoms with E-state index in [2.05, 4.69) is 26.9 Å². The molecular weight excluding hydrogens is 510 g/mol. The zero-order valence-electron chi connectivity index (χ0n) is 18.4. The molecule has 1 atom stereocenters. The molecule has 0 N–H and O–H groups in total. The number of thioether (sulfide) groups is 1. The van der Waals surface area contributed by atoms with Crippen LogP contribution in [0.15, 0.2) is 93.9 Å². The first kappa shape index (κ1) is 22.6. The summed E-state index contributed by atoms with van der Waals surface area (Å²) in [5.41, 5.74) is 3.72. The predicted octanol–water partition coefficient (Wildman–Crippen LogP) is 6.25. The molecule has 1 amide bonds. The third-order valence-electron chi connectivity index (χ3n) is 5.99. The van der Waals surface area contributed by atoms with E-state index in [4.69, 9.17) is 4.74 Å². The van der Waals surface area contributed by atoms with Gasteiger partial charge in [0.2, 0.25) is 5.91 Å². The molecule has 0 bridgehead atoms. The number of halogens is 1. The SMILES string of the molecule is N#CC1=C2SCN(c3ccc(Br)cc3)CN2C(=O)CC1c1cccc(OCc2ccccc2)c1. The second kappa shape index (κ2) is 9.96. The fourth-order valence-electron chi connectivity index (χ4n) is 4.22. The molecule has 34 heavy (non-hydrogen) atoms. The zero-order valence-corrected chi connectivity index (χ0v) is 20.8. The largest absolute Gasteiger partial charge is 0.489 e. The minimum Gasteiger partial charge on any atom is -0.489 e. The molecule has 7 heteroatoms. The Morgan fingerprint density at radius 2 is 1.85 bits per heavy atom. The molecule has 1 fully saturated rings. The van der Waals surface area contributed by atoms with Crippen LogP contribution >= 0.6 is 27.7 Å². The average Bonchev–Trinajstić information content (AvgIpc) is 2.88. The molecule has 3 aromatic carbocycles. The van der Waals surface area contributed by atoms with Gasteiger partial charge in [0.15, 0.2) is 0 Å². The molecule has 0 aliphatic carbocycles. The van der Waals surface area contributed by atoms with E-state index < -0.39 is 0 Å². The van der Waals surface area contributed by atoms with Crippen molar-refractivity contribution in [2.24, 2.45) is 0 Å². The Kier molecular flexibility index (Phi) is 6.61. The van der Waals surface area contributed by atoms with E-state index in [1.165, 1.54) is 0 Å². The first-order valence-electron chi connectivity index (χ1n) is 11.0. The molecule has 5 rings (SSSR count). The number of hydrogen-bond acceptors (Lipinski definition) is 5. The fraction of sp³-hybridized carbons (Fsp3) is 0.185. The fourth-order valence-corrected chi connectivity index (χ4v) is 5.66. The van der Waals surface area contributed by atoms with Crippen molar-refractivity contribution in [1.82, 2.24) is 4.90 Å². The van der Waals surface area contributed by atoms with E-state index >= 15 is 0 Å². The number of fused-ring (bicyclic) bond motifs is 1. The van der Waals surface area contributed by atoms with Gasteiger partial charge < -0.3 is 9.64 Å². The smallest absolute Gasteiger partial charge is 0.229 e. The van der Waals surface area contributed by atoms with Gasteiger partial charge >= 0.3 is 0 Å². The topological polar surface area (TPSA) is 56.6 Å². The Balaban J connectivity index is 1.37. The van der Waals surface area contributed by atoms with Crippen molar-refractivity contribution in [3.63, 3.8) is 0 Å². The summed E-state index contributed by atoms with van der Waals surface area (Å²) < 4.78 is 7.00. The van der Waals surface area contributed by atoms with Gasteiger partial charge in [-0.1, -0.05) is 70.2 Å². The summed E-state index contributed by atoms with van der Waals surface area (Å²) in [5, 5.41) is 10.8. The Morgan fingerprint density at radius 3 is 2.62 bits per heavy atom. The van der Waals surface area contributed by atoms with E-state index in [9.17, 15) is 10.1 Å². The Hall–Kier alpha value is -3.21. The van der Waals surface area contributed by atoms with Gasteiger partial charge in [0.1, 0.15) is 12.4 Å². The number of hydrogen-bond donors (Lipinski definition) is 0. The lowest BCUT2D eigenvalue weighted by molar-refractivity contribution is -0.129. The van der Waals surface area contributed by atoms with Crippen LogP contribution in [0.1, 0.15) is 23.5 Å². The number of ether oxygens (including phenoxy) is 1. The molecule has 1 unspecified atom stereocenters. The Bertz CT molecular complexity index is 1270. The molecule has 0 spiro atoms. The molecule has 2 aliphatic heterocycles. The molecule has 0 aromatic heterocycles. The number of amides is 1. The second-order valence-corrected chi connectivity index (χ2v) is 10.0. The monoisotopic (exact) mass is 531 g/mol. The van der Waals surface area contributed by atoms with Crippen molar-refractivity contribution in [3.05, 3.63) is 105 Å². The van der Waals surface area contributed by atoms with Crippen LogP contribution in [0.4, 0.5) is 5.69 Å². The van der Waals surface area contributed by atoms with Crippen LogP contribution in [0, 0.1) is 11.3 Å². The minimum absolute atomic E-state index is 0.0314. The van der Waals surface area contributed by atoms with Gasteiger partial charge in [0.05, 0.1) is 29.2 Å². The van der Waals surface area contributed by atoms with Crippen LogP contribution in [0.3, 0.4) is 0 Å². The molecule has 0 radical (unpaired) electrons. The first-order valence-corrected chi connectivity index (χ1v) is 12.7. The highest BCUT2D eigenvalue weighted by atomic mass is 79.9. The summed E-state index contributed by atoms with van der Waals surface area (Å²) in [5.74, 6) is 1.18. The number of nitrogens with zero attached hydrogens (tertiary/aromatic N) is 3. The third kappa shape index (κ3) is 4.70. The van der Waals surface area contributed by atoms with Crippen LogP contribution in [0.5, 0.6) is 5.75 Å². The van der Waals surface area contributed by atoms with E-state index in [0.29, 0.717) is 24.7 Å². The summed E-state index contributed by atoms with van der Waals surface area (Å²) in [6.07, 6.45) is 0.267. The lowest BCUT2D eigenvalue weighted by Crippen LogP contribution is -2.47. The highest BCUT2D eigenvalue weighted by molar-refractivity contribution is 9.10. The molecule has 0 saturated carbocycles. The molecule has 2 aliphatic rings. The number of allylic oxidation sites excluding steroid dienone is 1. The van der Waals surface area contributed by atoms with Crippen LogP contribution in [0.25, 0.3) is 0 Å². The Morgan fingerprint density at radius 1 is 1.06 bits per heavy atom. The van der Waals surface area contributed by atoms with Crippen molar-refractivity contribution >= 4 is 39.3 Å². The molecule has 1 saturated heterocycles. The van der Waals surface area contributed by atoms with Gasteiger partial charge in [0, 0.05) is 22.5 Å². The number of nitriles is 1. The lowest BCUT2D eigenvalue weighted by atomic mass is 9.86. The van der Waals surface area contributed by atoms with Gasteiger partial charge in [0.25, 0.3) is 0 Å². The number of rotatable bonds is 5. The minimum atomic E-state index is -0.268. The van der Waals surface area contributed by atoms with Crippen LogP contribution < -0.4 is 9.64 Å². The van der Waals surface area contributed by atoms with Crippen molar-refractivity contribution in [1.29, 1.82) is 5.26 Å². The number of benzene rings is 3. The summed E-state index contributed by atoms with van der Waals surface area (Å²) >= 11 is 5.01. The van der Waals surface area contributed by atoms with E-state index in [1.807, 2.05) is 78.9 Å². The lowest BCUT2D eigenvalue weighted by Gasteiger charge is -2.42. The highest BCUT2D eigenvalue weighted by Crippen LogP contribution is 2.43. The maximum absolute atomic E-state index is 13.2. The molecule has 170 valence electrons. The van der Waals surface area contributed by atoms with Crippen molar-refractivity contribution < 1.29 is 9.53 Å². The second-order valence-electron chi connectivity index (χ2n) is 8.19. The predicted molar refractivity (Wildman–Crippen MR) is 138 cm³/mol. The van der Waals surface area contributed by atoms with Gasteiger partial charge in [-0.3, -0.25) is 9.69 Å². The summed E-state index contributed by atoms with van der Waals surface area (Å²) in [6.45, 7) is 0.913. The average molecular weight is 532 g/mol. The van der Waals surface area contributed by atoms with Gasteiger partial charge in [-0.05, 0) is 47.5 Å². The van der Waals surface area contributed by atoms with Crippen LogP contribution in [-0.4, -0.2) is 23.4 Å². The van der Waals surface area contributed by atoms with E-state index in [-0.39, 0.29) is 18.2 Å². The quantitative estimate of drug-likeness (QED) is 0.389. The maximum atomic E-state index is 13.2. The molecule has 3 aromatic rings. The van der Waals surface area contributed by atoms with Gasteiger partial charge in [-0.2, -0.15) is 5.26 Å². The Labute approximate surface area is 211 Å². The first-order chi connectivity index (χ1) is 16.6. The van der Waals surface area contributed by atoms with Crippen LogP contribution in [0.2, 0.25) is 0 Å². The molecular formula is C27H22BrN3O2S. The zero-order chi connectivity index (χ0) is 23.5. The normalized spacial score (nSPS) is 17.9. The van der Waals surface area contributed by atoms with Crippen molar-refractivity contribution in [3.8, 4) is 11.8 Å². The van der Waals surface area contributed by atoms with Crippen LogP contribution in [-0.2, 0) is 11.4 Å². The van der Waals surface area contributed by atoms with E-state index in [0.717, 1.165) is 32.1 Å². The molecule has 5 nitrogen and oxygen atoms in total. The van der Waals surface area contributed by atoms with Gasteiger partial charge in [-0.25, -0.2) is 0 Å². The van der Waals surface area contributed by atoms with Gasteiger partial charge in [-0.15, -0.1) is 0 Å². The summed E-state index contributed by atoms with van der Waals surface area (Å²) in [6, 6.07) is 28.2.